The Hall–Kier alpha value is -1.44. The Morgan fingerprint density at radius 1 is 1.05 bits per heavy atom. The highest BCUT2D eigenvalue weighted by molar-refractivity contribution is 8.00. The van der Waals surface area contributed by atoms with Gasteiger partial charge in [-0.2, -0.15) is 8.78 Å². The molecule has 0 aliphatic rings. The zero-order valence-corrected chi connectivity index (χ0v) is 12.4. The molecule has 2 aromatic rings. The maximum atomic E-state index is 12.7. The SMILES string of the molecule is O=S(=O)(c1ccccc1Sc1ccc(CO)cc1)C(F)F. The average Bonchev–Trinajstić information content (AvgIpc) is 2.48. The first-order valence-corrected chi connectivity index (χ1v) is 8.30. The number of rotatable bonds is 5. The van der Waals surface area contributed by atoms with Crippen LogP contribution in [0.15, 0.2) is 63.2 Å². The minimum Gasteiger partial charge on any atom is -0.392 e. The molecule has 0 heterocycles. The molecule has 0 amide bonds. The van der Waals surface area contributed by atoms with Gasteiger partial charge in [0, 0.05) is 9.79 Å². The largest absolute Gasteiger partial charge is 0.392 e. The molecular weight excluding hydrogens is 318 g/mol. The van der Waals surface area contributed by atoms with Gasteiger partial charge >= 0.3 is 5.76 Å². The van der Waals surface area contributed by atoms with E-state index in [4.69, 9.17) is 5.11 Å². The standard InChI is InChI=1S/C14H12F2O3S2/c15-14(16)21(18,19)13-4-2-1-3-12(13)20-11-7-5-10(9-17)6-8-11/h1-8,14,17H,9H2. The Morgan fingerprint density at radius 2 is 1.67 bits per heavy atom. The predicted molar refractivity (Wildman–Crippen MR) is 76.1 cm³/mol. The molecule has 7 heteroatoms. The van der Waals surface area contributed by atoms with Gasteiger partial charge in [0.2, 0.25) is 9.84 Å². The summed E-state index contributed by atoms with van der Waals surface area (Å²) in [6.45, 7) is -0.0959. The molecule has 2 aromatic carbocycles. The van der Waals surface area contributed by atoms with Crippen LogP contribution < -0.4 is 0 Å². The number of hydrogen-bond acceptors (Lipinski definition) is 4. The van der Waals surface area contributed by atoms with Crippen molar-refractivity contribution in [3.8, 4) is 0 Å². The van der Waals surface area contributed by atoms with E-state index in [9.17, 15) is 17.2 Å². The molecule has 1 N–H and O–H groups in total. The van der Waals surface area contributed by atoms with Gasteiger partial charge in [-0.25, -0.2) is 8.42 Å². The van der Waals surface area contributed by atoms with Crippen molar-refractivity contribution in [1.82, 2.24) is 0 Å². The maximum absolute atomic E-state index is 12.7. The minimum absolute atomic E-state index is 0.0959. The Balaban J connectivity index is 2.36. The summed E-state index contributed by atoms with van der Waals surface area (Å²) in [5, 5.41) is 8.96. The van der Waals surface area contributed by atoms with Gasteiger partial charge in [-0.15, -0.1) is 0 Å². The average molecular weight is 330 g/mol. The molecule has 0 aliphatic carbocycles. The quantitative estimate of drug-likeness (QED) is 0.914. The Kier molecular flexibility index (Phi) is 4.97. The molecule has 0 aromatic heterocycles. The normalized spacial score (nSPS) is 11.8. The molecule has 0 radical (unpaired) electrons. The molecule has 21 heavy (non-hydrogen) atoms. The number of alkyl halides is 2. The van der Waals surface area contributed by atoms with Crippen molar-refractivity contribution in [2.75, 3.05) is 0 Å². The summed E-state index contributed by atoms with van der Waals surface area (Å²) < 4.78 is 48.7. The zero-order valence-electron chi connectivity index (χ0n) is 10.7. The lowest BCUT2D eigenvalue weighted by Gasteiger charge is -2.09. The van der Waals surface area contributed by atoms with Crippen molar-refractivity contribution in [3.63, 3.8) is 0 Å². The third-order valence-electron chi connectivity index (χ3n) is 2.72. The molecule has 0 saturated carbocycles. The highest BCUT2D eigenvalue weighted by Crippen LogP contribution is 2.34. The molecule has 0 spiro atoms. The zero-order chi connectivity index (χ0) is 15.5. The van der Waals surface area contributed by atoms with Crippen LogP contribution in [0.2, 0.25) is 0 Å². The van der Waals surface area contributed by atoms with E-state index < -0.39 is 15.6 Å². The van der Waals surface area contributed by atoms with Crippen molar-refractivity contribution in [1.29, 1.82) is 0 Å². The molecule has 0 bridgehead atoms. The molecule has 2 rings (SSSR count). The lowest BCUT2D eigenvalue weighted by molar-refractivity contribution is 0.234. The van der Waals surface area contributed by atoms with Crippen LogP contribution in [-0.2, 0) is 16.4 Å². The van der Waals surface area contributed by atoms with Crippen LogP contribution in [0.4, 0.5) is 8.78 Å². The van der Waals surface area contributed by atoms with Gasteiger partial charge in [0.25, 0.3) is 0 Å². The number of aliphatic hydroxyl groups is 1. The van der Waals surface area contributed by atoms with E-state index in [0.717, 1.165) is 11.8 Å². The Labute approximate surface area is 125 Å². The van der Waals surface area contributed by atoms with Crippen molar-refractivity contribution >= 4 is 21.6 Å². The number of aliphatic hydroxyl groups excluding tert-OH is 1. The van der Waals surface area contributed by atoms with Gasteiger partial charge in [-0.1, -0.05) is 36.0 Å². The molecular formula is C14H12F2O3S2. The van der Waals surface area contributed by atoms with Crippen molar-refractivity contribution < 1.29 is 22.3 Å². The fraction of sp³-hybridized carbons (Fsp3) is 0.143. The molecule has 0 aliphatic heterocycles. The van der Waals surface area contributed by atoms with E-state index in [2.05, 4.69) is 0 Å². The number of benzene rings is 2. The van der Waals surface area contributed by atoms with Gasteiger partial charge in [-0.3, -0.25) is 0 Å². The van der Waals surface area contributed by atoms with Gasteiger partial charge in [0.05, 0.1) is 11.5 Å². The molecule has 112 valence electrons. The number of sulfone groups is 1. The second-order valence-corrected chi connectivity index (χ2v) is 7.16. The summed E-state index contributed by atoms with van der Waals surface area (Å²) >= 11 is 1.08. The highest BCUT2D eigenvalue weighted by atomic mass is 32.2. The number of halogens is 2. The predicted octanol–water partition coefficient (Wildman–Crippen LogP) is 3.33. The van der Waals surface area contributed by atoms with E-state index in [0.29, 0.717) is 10.5 Å². The smallest absolute Gasteiger partial charge is 0.341 e. The van der Waals surface area contributed by atoms with Gasteiger partial charge in [-0.05, 0) is 29.8 Å². The van der Waals surface area contributed by atoms with E-state index >= 15 is 0 Å². The lowest BCUT2D eigenvalue weighted by atomic mass is 10.2. The fourth-order valence-electron chi connectivity index (χ4n) is 1.66. The molecule has 0 saturated heterocycles. The van der Waals surface area contributed by atoms with Crippen molar-refractivity contribution in [3.05, 3.63) is 54.1 Å². The van der Waals surface area contributed by atoms with Crippen LogP contribution in [-0.4, -0.2) is 19.3 Å². The summed E-state index contributed by atoms with van der Waals surface area (Å²) in [7, 11) is -4.63. The van der Waals surface area contributed by atoms with Crippen molar-refractivity contribution in [2.24, 2.45) is 0 Å². The van der Waals surface area contributed by atoms with Gasteiger partial charge in [0.15, 0.2) is 0 Å². The minimum atomic E-state index is -4.63. The third-order valence-corrected chi connectivity index (χ3v) is 5.38. The van der Waals surface area contributed by atoms with Crippen LogP contribution >= 0.6 is 11.8 Å². The molecule has 0 fully saturated rings. The maximum Gasteiger partial charge on any atom is 0.341 e. The molecule has 3 nitrogen and oxygen atoms in total. The fourth-order valence-corrected chi connectivity index (χ4v) is 3.78. The van der Waals surface area contributed by atoms with Crippen LogP contribution in [0, 0.1) is 0 Å². The van der Waals surface area contributed by atoms with Crippen LogP contribution in [0.5, 0.6) is 0 Å². The van der Waals surface area contributed by atoms with E-state index in [1.807, 2.05) is 0 Å². The topological polar surface area (TPSA) is 54.4 Å². The van der Waals surface area contributed by atoms with E-state index in [1.165, 1.54) is 18.2 Å². The molecule has 0 atom stereocenters. The summed E-state index contributed by atoms with van der Waals surface area (Å²) in [5.41, 5.74) is 0.716. The summed E-state index contributed by atoms with van der Waals surface area (Å²) in [6, 6.07) is 12.4. The van der Waals surface area contributed by atoms with Gasteiger partial charge in [0.1, 0.15) is 0 Å². The Morgan fingerprint density at radius 3 is 2.24 bits per heavy atom. The lowest BCUT2D eigenvalue weighted by Crippen LogP contribution is -2.12. The first kappa shape index (κ1) is 15.9. The highest BCUT2D eigenvalue weighted by Gasteiger charge is 2.29. The third kappa shape index (κ3) is 3.61. The number of hydrogen-bond donors (Lipinski definition) is 1. The van der Waals surface area contributed by atoms with Crippen LogP contribution in [0.25, 0.3) is 0 Å². The van der Waals surface area contributed by atoms with E-state index in [1.54, 1.807) is 30.3 Å². The van der Waals surface area contributed by atoms with Crippen LogP contribution in [0.3, 0.4) is 0 Å². The summed E-state index contributed by atoms with van der Waals surface area (Å²) in [5.74, 6) is -3.45. The second-order valence-electron chi connectivity index (χ2n) is 4.16. The van der Waals surface area contributed by atoms with Gasteiger partial charge < -0.3 is 5.11 Å². The Bertz CT molecular complexity index is 713. The summed E-state index contributed by atoms with van der Waals surface area (Å²) in [4.78, 5) is 0.565. The van der Waals surface area contributed by atoms with Crippen molar-refractivity contribution in [2.45, 2.75) is 27.1 Å². The summed E-state index contributed by atoms with van der Waals surface area (Å²) in [6.07, 6.45) is 0. The first-order valence-electron chi connectivity index (χ1n) is 5.94. The monoisotopic (exact) mass is 330 g/mol. The van der Waals surface area contributed by atoms with Crippen LogP contribution in [0.1, 0.15) is 5.56 Å². The first-order chi connectivity index (χ1) is 9.95. The van der Waals surface area contributed by atoms with E-state index in [-0.39, 0.29) is 16.4 Å². The second kappa shape index (κ2) is 6.55. The molecule has 0 unspecified atom stereocenters.